The lowest BCUT2D eigenvalue weighted by atomic mass is 10.2. The van der Waals surface area contributed by atoms with Crippen molar-refractivity contribution in [1.82, 2.24) is 0 Å². The van der Waals surface area contributed by atoms with Crippen LogP contribution in [0.1, 0.15) is 24.2 Å². The number of alkyl halides is 2. The topological polar surface area (TPSA) is 35.5 Å². The molecule has 0 spiro atoms. The second-order valence-electron chi connectivity index (χ2n) is 3.62. The number of benzene rings is 1. The zero-order valence-electron chi connectivity index (χ0n) is 9.70. The molecule has 0 saturated heterocycles. The van der Waals surface area contributed by atoms with Crippen LogP contribution in [0.5, 0.6) is 11.5 Å². The van der Waals surface area contributed by atoms with E-state index < -0.39 is 12.5 Å². The Morgan fingerprint density at radius 1 is 1.29 bits per heavy atom. The molecule has 0 saturated carbocycles. The summed E-state index contributed by atoms with van der Waals surface area (Å²) in [5.41, 5.74) is 0.407. The van der Waals surface area contributed by atoms with E-state index in [2.05, 4.69) is 0 Å². The zero-order valence-corrected chi connectivity index (χ0v) is 9.70. The first-order valence-electron chi connectivity index (χ1n) is 5.19. The van der Waals surface area contributed by atoms with E-state index >= 15 is 0 Å². The standard InChI is InChI=1S/C12H14F2O3/c1-3-16-11-6-9(7-15)4-5-10(11)17-8-12(2,13)14/h4-7H,3,8H2,1-2H3. The van der Waals surface area contributed by atoms with Crippen molar-refractivity contribution in [2.24, 2.45) is 0 Å². The van der Waals surface area contributed by atoms with Crippen molar-refractivity contribution in [3.05, 3.63) is 23.8 Å². The van der Waals surface area contributed by atoms with E-state index in [0.29, 0.717) is 24.2 Å². The van der Waals surface area contributed by atoms with Crippen molar-refractivity contribution in [1.29, 1.82) is 0 Å². The van der Waals surface area contributed by atoms with Crippen LogP contribution in [0.3, 0.4) is 0 Å². The van der Waals surface area contributed by atoms with Gasteiger partial charge in [0.15, 0.2) is 18.1 Å². The van der Waals surface area contributed by atoms with Gasteiger partial charge in [-0.25, -0.2) is 8.78 Å². The molecule has 0 aliphatic heterocycles. The van der Waals surface area contributed by atoms with Gasteiger partial charge in [-0.3, -0.25) is 4.79 Å². The van der Waals surface area contributed by atoms with Gasteiger partial charge in [-0.2, -0.15) is 0 Å². The lowest BCUT2D eigenvalue weighted by molar-refractivity contribution is -0.0236. The number of carbonyl (C=O) groups is 1. The number of carbonyl (C=O) groups excluding carboxylic acids is 1. The molecule has 3 nitrogen and oxygen atoms in total. The van der Waals surface area contributed by atoms with Crippen molar-refractivity contribution >= 4 is 6.29 Å². The molecule has 1 aromatic carbocycles. The van der Waals surface area contributed by atoms with Gasteiger partial charge in [-0.1, -0.05) is 0 Å². The highest BCUT2D eigenvalue weighted by atomic mass is 19.3. The molecule has 94 valence electrons. The van der Waals surface area contributed by atoms with Crippen molar-refractivity contribution in [2.75, 3.05) is 13.2 Å². The average molecular weight is 244 g/mol. The molecular formula is C12H14F2O3. The monoisotopic (exact) mass is 244 g/mol. The highest BCUT2D eigenvalue weighted by molar-refractivity contribution is 5.76. The second kappa shape index (κ2) is 5.61. The normalized spacial score (nSPS) is 11.1. The largest absolute Gasteiger partial charge is 0.490 e. The lowest BCUT2D eigenvalue weighted by Gasteiger charge is -2.15. The Balaban J connectivity index is 2.86. The van der Waals surface area contributed by atoms with E-state index in [0.717, 1.165) is 6.92 Å². The molecule has 0 atom stereocenters. The summed E-state index contributed by atoms with van der Waals surface area (Å²) in [6.07, 6.45) is 0.653. The number of halogens is 2. The fourth-order valence-electron chi connectivity index (χ4n) is 1.19. The molecule has 0 amide bonds. The Bertz CT molecular complexity index is 386. The minimum Gasteiger partial charge on any atom is -0.490 e. The summed E-state index contributed by atoms with van der Waals surface area (Å²) >= 11 is 0. The van der Waals surface area contributed by atoms with Crippen molar-refractivity contribution in [3.8, 4) is 11.5 Å². The van der Waals surface area contributed by atoms with Crippen LogP contribution in [-0.2, 0) is 0 Å². The van der Waals surface area contributed by atoms with Crippen LogP contribution in [0.25, 0.3) is 0 Å². The lowest BCUT2D eigenvalue weighted by Crippen LogP contribution is -2.21. The van der Waals surface area contributed by atoms with Gasteiger partial charge in [0.05, 0.1) is 6.61 Å². The molecule has 0 aromatic heterocycles. The number of aldehydes is 1. The first-order valence-corrected chi connectivity index (χ1v) is 5.19. The van der Waals surface area contributed by atoms with E-state index in [1.807, 2.05) is 0 Å². The quantitative estimate of drug-likeness (QED) is 0.722. The molecule has 0 aliphatic carbocycles. The molecule has 0 heterocycles. The van der Waals surface area contributed by atoms with Crippen LogP contribution in [0, 0.1) is 0 Å². The van der Waals surface area contributed by atoms with Gasteiger partial charge in [0.25, 0.3) is 5.92 Å². The van der Waals surface area contributed by atoms with Crippen LogP contribution in [-0.4, -0.2) is 25.4 Å². The highest BCUT2D eigenvalue weighted by Crippen LogP contribution is 2.29. The smallest absolute Gasteiger partial charge is 0.278 e. The molecule has 0 N–H and O–H groups in total. The summed E-state index contributed by atoms with van der Waals surface area (Å²) in [6, 6.07) is 4.39. The molecule has 1 rings (SSSR count). The van der Waals surface area contributed by atoms with E-state index in [-0.39, 0.29) is 5.75 Å². The Morgan fingerprint density at radius 2 is 2.00 bits per heavy atom. The Hall–Kier alpha value is -1.65. The summed E-state index contributed by atoms with van der Waals surface area (Å²) in [5.74, 6) is -2.41. The fourth-order valence-corrected chi connectivity index (χ4v) is 1.19. The van der Waals surface area contributed by atoms with Gasteiger partial charge in [0, 0.05) is 12.5 Å². The maximum absolute atomic E-state index is 12.6. The van der Waals surface area contributed by atoms with Gasteiger partial charge in [-0.05, 0) is 25.1 Å². The first-order chi connectivity index (χ1) is 7.96. The summed E-state index contributed by atoms with van der Waals surface area (Å²) in [7, 11) is 0. The third-order valence-electron chi connectivity index (χ3n) is 1.88. The van der Waals surface area contributed by atoms with Crippen molar-refractivity contribution in [2.45, 2.75) is 19.8 Å². The first kappa shape index (κ1) is 13.4. The van der Waals surface area contributed by atoms with Crippen molar-refractivity contribution < 1.29 is 23.0 Å². The molecule has 0 aliphatic rings. The molecule has 0 bridgehead atoms. The number of hydrogen-bond donors (Lipinski definition) is 0. The summed E-state index contributed by atoms with van der Waals surface area (Å²) in [4.78, 5) is 10.6. The second-order valence-corrected chi connectivity index (χ2v) is 3.62. The molecule has 5 heteroatoms. The molecule has 0 radical (unpaired) electrons. The third-order valence-corrected chi connectivity index (χ3v) is 1.88. The summed E-state index contributed by atoms with van der Waals surface area (Å²) in [5, 5.41) is 0. The van der Waals surface area contributed by atoms with E-state index in [1.165, 1.54) is 18.2 Å². The van der Waals surface area contributed by atoms with Gasteiger partial charge in [0.1, 0.15) is 6.29 Å². The van der Waals surface area contributed by atoms with Gasteiger partial charge >= 0.3 is 0 Å². The minimum atomic E-state index is -2.91. The van der Waals surface area contributed by atoms with Crippen LogP contribution < -0.4 is 9.47 Å². The Morgan fingerprint density at radius 3 is 2.53 bits per heavy atom. The van der Waals surface area contributed by atoms with Gasteiger partial charge in [0.2, 0.25) is 0 Å². The molecule has 17 heavy (non-hydrogen) atoms. The molecular weight excluding hydrogens is 230 g/mol. The van der Waals surface area contributed by atoms with Crippen LogP contribution in [0.4, 0.5) is 8.78 Å². The number of rotatable bonds is 6. The average Bonchev–Trinajstić information content (AvgIpc) is 2.26. The highest BCUT2D eigenvalue weighted by Gasteiger charge is 2.22. The zero-order chi connectivity index (χ0) is 12.9. The fraction of sp³-hybridized carbons (Fsp3) is 0.417. The third kappa shape index (κ3) is 4.38. The number of ether oxygens (including phenoxy) is 2. The summed E-state index contributed by atoms with van der Waals surface area (Å²) < 4.78 is 35.5. The molecule has 1 aromatic rings. The van der Waals surface area contributed by atoms with Gasteiger partial charge in [-0.15, -0.1) is 0 Å². The SMILES string of the molecule is CCOc1cc(C=O)ccc1OCC(C)(F)F. The Kier molecular flexibility index (Phi) is 4.43. The summed E-state index contributed by atoms with van der Waals surface area (Å²) in [6.45, 7) is 2.16. The van der Waals surface area contributed by atoms with E-state index in [9.17, 15) is 13.6 Å². The van der Waals surface area contributed by atoms with E-state index in [4.69, 9.17) is 9.47 Å². The van der Waals surface area contributed by atoms with Crippen LogP contribution >= 0.6 is 0 Å². The minimum absolute atomic E-state index is 0.207. The van der Waals surface area contributed by atoms with Gasteiger partial charge < -0.3 is 9.47 Å². The maximum Gasteiger partial charge on any atom is 0.278 e. The van der Waals surface area contributed by atoms with Crippen LogP contribution in [0.15, 0.2) is 18.2 Å². The molecule has 0 unspecified atom stereocenters. The van der Waals surface area contributed by atoms with E-state index in [1.54, 1.807) is 6.92 Å². The predicted molar refractivity (Wildman–Crippen MR) is 59.1 cm³/mol. The maximum atomic E-state index is 12.6. The van der Waals surface area contributed by atoms with Crippen LogP contribution in [0.2, 0.25) is 0 Å². The predicted octanol–water partition coefficient (Wildman–Crippen LogP) is 2.93. The molecule has 0 fully saturated rings. The van der Waals surface area contributed by atoms with Crippen molar-refractivity contribution in [3.63, 3.8) is 0 Å². The number of hydrogen-bond acceptors (Lipinski definition) is 3. The Labute approximate surface area is 98.3 Å².